The molecule has 1 aliphatic heterocycles. The molecular weight excluding hydrogens is 348 g/mol. The maximum absolute atomic E-state index is 12.4. The monoisotopic (exact) mass is 368 g/mol. The average molecular weight is 368 g/mol. The average Bonchev–Trinajstić information content (AvgIpc) is 3.27. The minimum Gasteiger partial charge on any atom is -0.458 e. The number of esters is 1. The number of amides is 2. The fourth-order valence-electron chi connectivity index (χ4n) is 3.80. The van der Waals surface area contributed by atoms with Crippen LogP contribution in [0.4, 0.5) is 0 Å². The second kappa shape index (κ2) is 7.34. The van der Waals surface area contributed by atoms with Crippen LogP contribution in [-0.2, 0) is 25.7 Å². The number of imide groups is 1. The van der Waals surface area contributed by atoms with E-state index in [-0.39, 0.29) is 36.8 Å². The molecule has 1 aromatic carbocycles. The summed E-state index contributed by atoms with van der Waals surface area (Å²) in [7, 11) is 0. The first kappa shape index (κ1) is 17.5. The summed E-state index contributed by atoms with van der Waals surface area (Å²) in [4.78, 5) is 42.2. The van der Waals surface area contributed by atoms with Crippen molar-refractivity contribution in [3.8, 4) is 11.5 Å². The first-order valence-corrected chi connectivity index (χ1v) is 9.14. The molecule has 1 saturated carbocycles. The van der Waals surface area contributed by atoms with Gasteiger partial charge in [0.15, 0.2) is 0 Å². The molecule has 0 bridgehead atoms. The number of carbonyl (C=O) groups is 3. The molecule has 7 heteroatoms. The van der Waals surface area contributed by atoms with Crippen LogP contribution >= 0.6 is 0 Å². The van der Waals surface area contributed by atoms with Crippen molar-refractivity contribution >= 4 is 17.8 Å². The molecule has 2 atom stereocenters. The fraction of sp³-hybridized carbons (Fsp3) is 0.400. The van der Waals surface area contributed by atoms with Crippen LogP contribution in [0.15, 0.2) is 41.0 Å². The third-order valence-corrected chi connectivity index (χ3v) is 5.17. The van der Waals surface area contributed by atoms with E-state index in [4.69, 9.17) is 9.15 Å². The van der Waals surface area contributed by atoms with E-state index in [0.717, 1.165) is 36.1 Å². The van der Waals surface area contributed by atoms with Crippen molar-refractivity contribution < 1.29 is 23.5 Å². The van der Waals surface area contributed by atoms with Gasteiger partial charge in [-0.1, -0.05) is 31.0 Å². The number of nitrogens with zero attached hydrogens (tertiary/aromatic N) is 2. The summed E-state index contributed by atoms with van der Waals surface area (Å²) in [6.45, 7) is -0.410. The van der Waals surface area contributed by atoms with E-state index < -0.39 is 5.97 Å². The lowest BCUT2D eigenvalue weighted by Crippen LogP contribution is -2.36. The van der Waals surface area contributed by atoms with Crippen LogP contribution in [0.3, 0.4) is 0 Å². The van der Waals surface area contributed by atoms with E-state index in [1.165, 1.54) is 6.26 Å². The van der Waals surface area contributed by atoms with Gasteiger partial charge in [-0.15, -0.1) is 0 Å². The van der Waals surface area contributed by atoms with Crippen LogP contribution in [0.1, 0.15) is 31.4 Å². The predicted molar refractivity (Wildman–Crippen MR) is 93.9 cm³/mol. The molecule has 0 unspecified atom stereocenters. The summed E-state index contributed by atoms with van der Waals surface area (Å²) >= 11 is 0. The van der Waals surface area contributed by atoms with Gasteiger partial charge in [0, 0.05) is 5.56 Å². The Morgan fingerprint density at radius 3 is 2.44 bits per heavy atom. The van der Waals surface area contributed by atoms with Crippen LogP contribution < -0.4 is 0 Å². The molecule has 0 N–H and O–H groups in total. The van der Waals surface area contributed by atoms with E-state index in [1.807, 2.05) is 30.3 Å². The zero-order valence-corrected chi connectivity index (χ0v) is 14.8. The van der Waals surface area contributed by atoms with Gasteiger partial charge in [0.2, 0.25) is 17.7 Å². The van der Waals surface area contributed by atoms with E-state index in [1.54, 1.807) is 0 Å². The summed E-state index contributed by atoms with van der Waals surface area (Å²) in [5.41, 5.74) is 1.29. The molecule has 2 heterocycles. The minimum atomic E-state index is -0.625. The number of rotatable bonds is 5. The molecule has 0 radical (unpaired) electrons. The number of hydrogen-bond donors (Lipinski definition) is 0. The Bertz CT molecular complexity index is 836. The Hall–Kier alpha value is -2.96. The maximum Gasteiger partial charge on any atom is 0.326 e. The molecule has 1 saturated heterocycles. The Morgan fingerprint density at radius 1 is 1.11 bits per heavy atom. The summed E-state index contributed by atoms with van der Waals surface area (Å²) in [6, 6.07) is 9.38. The van der Waals surface area contributed by atoms with Crippen LogP contribution in [0.5, 0.6) is 0 Å². The van der Waals surface area contributed by atoms with Crippen molar-refractivity contribution in [2.45, 2.75) is 32.3 Å². The number of aromatic nitrogens is 1. The Morgan fingerprint density at radius 2 is 1.78 bits per heavy atom. The Balaban J connectivity index is 1.33. The maximum atomic E-state index is 12.4. The Kier molecular flexibility index (Phi) is 4.75. The molecule has 0 spiro atoms. The largest absolute Gasteiger partial charge is 0.458 e. The topological polar surface area (TPSA) is 89.7 Å². The molecular formula is C20H20N2O5. The van der Waals surface area contributed by atoms with Gasteiger partial charge >= 0.3 is 5.97 Å². The second-order valence-electron chi connectivity index (χ2n) is 6.93. The minimum absolute atomic E-state index is 0.0712. The van der Waals surface area contributed by atoms with E-state index in [9.17, 15) is 14.4 Å². The van der Waals surface area contributed by atoms with Crippen molar-refractivity contribution in [3.05, 3.63) is 42.3 Å². The predicted octanol–water partition coefficient (Wildman–Crippen LogP) is 2.56. The molecule has 2 aromatic rings. The number of carbonyl (C=O) groups excluding carboxylic acids is 3. The van der Waals surface area contributed by atoms with Gasteiger partial charge in [-0.25, -0.2) is 4.98 Å². The number of hydrogen-bond acceptors (Lipinski definition) is 6. The normalized spacial score (nSPS) is 22.0. The van der Waals surface area contributed by atoms with Gasteiger partial charge in [-0.05, 0) is 25.0 Å². The van der Waals surface area contributed by atoms with Crippen molar-refractivity contribution in [2.75, 3.05) is 6.54 Å². The van der Waals surface area contributed by atoms with Gasteiger partial charge in [-0.3, -0.25) is 19.3 Å². The quantitative estimate of drug-likeness (QED) is 0.595. The standard InChI is InChI=1S/C20H20N2O5/c23-17(10-22-19(24)15-8-4-5-9-16(15)20(22)25)26-11-14-12-27-18(21-14)13-6-2-1-3-7-13/h1-3,6-7,12,15-16H,4-5,8-11H2/t15-,16+. The van der Waals surface area contributed by atoms with Gasteiger partial charge < -0.3 is 9.15 Å². The molecule has 1 aromatic heterocycles. The van der Waals surface area contributed by atoms with Gasteiger partial charge in [-0.2, -0.15) is 0 Å². The summed E-state index contributed by atoms with van der Waals surface area (Å²) < 4.78 is 10.6. The SMILES string of the molecule is O=C(CN1C(=O)[C@H]2CCCC[C@H]2C1=O)OCc1coc(-c2ccccc2)n1. The highest BCUT2D eigenvalue weighted by atomic mass is 16.5. The molecule has 4 rings (SSSR count). The molecule has 7 nitrogen and oxygen atoms in total. The first-order valence-electron chi connectivity index (χ1n) is 9.14. The number of oxazole rings is 1. The molecule has 2 aliphatic rings. The summed E-state index contributed by atoms with van der Waals surface area (Å²) in [6.07, 6.45) is 4.78. The molecule has 140 valence electrons. The van der Waals surface area contributed by atoms with Crippen LogP contribution in [-0.4, -0.2) is 34.2 Å². The highest BCUT2D eigenvalue weighted by Gasteiger charge is 2.48. The molecule has 2 amide bonds. The van der Waals surface area contributed by atoms with Crippen molar-refractivity contribution in [3.63, 3.8) is 0 Å². The second-order valence-corrected chi connectivity index (χ2v) is 6.93. The van der Waals surface area contributed by atoms with E-state index >= 15 is 0 Å². The lowest BCUT2D eigenvalue weighted by molar-refractivity contribution is -0.153. The fourth-order valence-corrected chi connectivity index (χ4v) is 3.80. The highest BCUT2D eigenvalue weighted by Crippen LogP contribution is 2.37. The van der Waals surface area contributed by atoms with Crippen molar-refractivity contribution in [1.82, 2.24) is 9.88 Å². The van der Waals surface area contributed by atoms with Gasteiger partial charge in [0.05, 0.1) is 11.8 Å². The van der Waals surface area contributed by atoms with Crippen molar-refractivity contribution in [2.24, 2.45) is 11.8 Å². The van der Waals surface area contributed by atoms with Crippen molar-refractivity contribution in [1.29, 1.82) is 0 Å². The van der Waals surface area contributed by atoms with Gasteiger partial charge in [0.1, 0.15) is 25.1 Å². The third kappa shape index (κ3) is 3.49. The zero-order chi connectivity index (χ0) is 18.8. The van der Waals surface area contributed by atoms with Crippen LogP contribution in [0.25, 0.3) is 11.5 Å². The lowest BCUT2D eigenvalue weighted by atomic mass is 9.81. The zero-order valence-electron chi connectivity index (χ0n) is 14.8. The summed E-state index contributed by atoms with van der Waals surface area (Å²) in [5, 5.41) is 0. The Labute approximate surface area is 156 Å². The third-order valence-electron chi connectivity index (χ3n) is 5.17. The number of benzene rings is 1. The van der Waals surface area contributed by atoms with Crippen LogP contribution in [0, 0.1) is 11.8 Å². The molecule has 27 heavy (non-hydrogen) atoms. The summed E-state index contributed by atoms with van der Waals surface area (Å²) in [5.74, 6) is -1.19. The van der Waals surface area contributed by atoms with Crippen LogP contribution in [0.2, 0.25) is 0 Å². The molecule has 2 fully saturated rings. The van der Waals surface area contributed by atoms with Gasteiger partial charge in [0.25, 0.3) is 0 Å². The number of ether oxygens (including phenoxy) is 1. The first-order chi connectivity index (χ1) is 13.1. The van der Waals surface area contributed by atoms with E-state index in [0.29, 0.717) is 11.6 Å². The number of fused-ring (bicyclic) bond motifs is 1. The van der Waals surface area contributed by atoms with E-state index in [2.05, 4.69) is 4.98 Å². The highest BCUT2D eigenvalue weighted by molar-refractivity contribution is 6.07. The molecule has 1 aliphatic carbocycles. The number of likely N-dealkylation sites (tertiary alicyclic amines) is 1. The lowest BCUT2D eigenvalue weighted by Gasteiger charge is -2.19. The smallest absolute Gasteiger partial charge is 0.326 e.